The van der Waals surface area contributed by atoms with Crippen LogP contribution >= 0.6 is 0 Å². The molecule has 0 saturated carbocycles. The average molecular weight is 387 g/mol. The molecule has 2 saturated heterocycles. The first-order chi connectivity index (χ1) is 12.2. The lowest BCUT2D eigenvalue weighted by atomic mass is 10.0. The number of hydrogen-bond donors (Lipinski definition) is 3. The molecule has 0 spiro atoms. The highest BCUT2D eigenvalue weighted by Crippen LogP contribution is 2.28. The Morgan fingerprint density at radius 1 is 1.15 bits per heavy atom. The minimum absolute atomic E-state index is 0.0356. The molecule has 2 aliphatic heterocycles. The number of urea groups is 1. The molecule has 0 aromatic heterocycles. The summed E-state index contributed by atoms with van der Waals surface area (Å²) in [5.74, 6) is -2.05. The van der Waals surface area contributed by atoms with E-state index in [0.29, 0.717) is 25.3 Å². The number of carbonyl (C=O) groups excluding carboxylic acids is 2. The van der Waals surface area contributed by atoms with Crippen molar-refractivity contribution in [2.75, 3.05) is 11.1 Å². The van der Waals surface area contributed by atoms with E-state index >= 15 is 0 Å². The lowest BCUT2D eigenvalue weighted by Crippen LogP contribution is -2.39. The SMILES string of the molecule is O=C(CCCC[C@@H]1[C@@H]2NC(=O)N[C@H]2CS1(=O)=O)Nc1cc(F)cc(F)c1. The predicted molar refractivity (Wildman–Crippen MR) is 90.3 cm³/mol. The smallest absolute Gasteiger partial charge is 0.315 e. The van der Waals surface area contributed by atoms with Gasteiger partial charge in [0, 0.05) is 18.2 Å². The van der Waals surface area contributed by atoms with Crippen molar-refractivity contribution in [3.8, 4) is 0 Å². The van der Waals surface area contributed by atoms with Crippen LogP contribution < -0.4 is 16.0 Å². The van der Waals surface area contributed by atoms with Gasteiger partial charge in [-0.15, -0.1) is 0 Å². The molecule has 1 aromatic rings. The topological polar surface area (TPSA) is 104 Å². The zero-order chi connectivity index (χ0) is 18.9. The Morgan fingerprint density at radius 2 is 1.85 bits per heavy atom. The number of rotatable bonds is 6. The van der Waals surface area contributed by atoms with E-state index in [9.17, 15) is 26.8 Å². The number of benzene rings is 1. The van der Waals surface area contributed by atoms with Gasteiger partial charge in [0.05, 0.1) is 23.1 Å². The summed E-state index contributed by atoms with van der Waals surface area (Å²) in [4.78, 5) is 23.2. The van der Waals surface area contributed by atoms with Gasteiger partial charge in [0.25, 0.3) is 0 Å². The summed E-state index contributed by atoms with van der Waals surface area (Å²) in [6.45, 7) is 0. The number of nitrogens with one attached hydrogen (secondary N) is 3. The summed E-state index contributed by atoms with van der Waals surface area (Å²) in [6, 6.07) is 1.55. The summed E-state index contributed by atoms with van der Waals surface area (Å²) in [5, 5.41) is 6.97. The molecule has 0 aliphatic carbocycles. The maximum Gasteiger partial charge on any atom is 0.315 e. The fraction of sp³-hybridized carbons (Fsp3) is 0.500. The summed E-state index contributed by atoms with van der Waals surface area (Å²) >= 11 is 0. The number of amides is 3. The van der Waals surface area contributed by atoms with Crippen LogP contribution in [0.4, 0.5) is 19.3 Å². The van der Waals surface area contributed by atoms with Crippen LogP contribution in [0.15, 0.2) is 18.2 Å². The van der Waals surface area contributed by atoms with Gasteiger partial charge in [-0.05, 0) is 25.0 Å². The van der Waals surface area contributed by atoms with E-state index in [1.165, 1.54) is 0 Å². The average Bonchev–Trinajstić information content (AvgIpc) is 2.94. The van der Waals surface area contributed by atoms with Crippen molar-refractivity contribution in [1.82, 2.24) is 10.6 Å². The molecule has 3 rings (SSSR count). The van der Waals surface area contributed by atoms with E-state index in [0.717, 1.165) is 12.1 Å². The molecule has 3 amide bonds. The van der Waals surface area contributed by atoms with E-state index in [4.69, 9.17) is 0 Å². The number of hydrogen-bond acceptors (Lipinski definition) is 4. The van der Waals surface area contributed by atoms with Crippen LogP contribution in [-0.2, 0) is 14.6 Å². The first-order valence-corrected chi connectivity index (χ1v) is 10.0. The molecular formula is C16H19F2N3O4S. The molecular weight excluding hydrogens is 368 g/mol. The monoisotopic (exact) mass is 387 g/mol. The van der Waals surface area contributed by atoms with Crippen molar-refractivity contribution < 1.29 is 26.8 Å². The van der Waals surface area contributed by atoms with Crippen LogP contribution in [0.3, 0.4) is 0 Å². The summed E-state index contributed by atoms with van der Waals surface area (Å²) < 4.78 is 50.5. The minimum atomic E-state index is -3.29. The van der Waals surface area contributed by atoms with E-state index in [1.54, 1.807) is 0 Å². The highest BCUT2D eigenvalue weighted by Gasteiger charge is 2.51. The Morgan fingerprint density at radius 3 is 2.54 bits per heavy atom. The third-order valence-electron chi connectivity index (χ3n) is 4.61. The van der Waals surface area contributed by atoms with Gasteiger partial charge in [-0.3, -0.25) is 4.79 Å². The standard InChI is InChI=1S/C16H19F2N3O4S/c17-9-5-10(18)7-11(6-9)19-14(22)4-2-1-3-13-15-12(8-26(13,24)25)20-16(23)21-15/h5-7,12-13,15H,1-4,8H2,(H,19,22)(H2,20,21,23)/t12-,13+,15+/m0/s1. The zero-order valence-electron chi connectivity index (χ0n) is 13.8. The van der Waals surface area contributed by atoms with E-state index < -0.39 is 44.7 Å². The fourth-order valence-corrected chi connectivity index (χ4v) is 5.75. The van der Waals surface area contributed by atoms with Crippen molar-refractivity contribution in [3.05, 3.63) is 29.8 Å². The van der Waals surface area contributed by atoms with Gasteiger partial charge in [-0.2, -0.15) is 0 Å². The molecule has 0 radical (unpaired) electrons. The summed E-state index contributed by atoms with van der Waals surface area (Å²) in [6.07, 6.45) is 1.35. The lowest BCUT2D eigenvalue weighted by molar-refractivity contribution is -0.116. The highest BCUT2D eigenvalue weighted by atomic mass is 32.2. The van der Waals surface area contributed by atoms with Gasteiger partial charge in [-0.1, -0.05) is 6.42 Å². The van der Waals surface area contributed by atoms with Crippen molar-refractivity contribution >= 4 is 27.5 Å². The van der Waals surface area contributed by atoms with Crippen LogP contribution in [0.5, 0.6) is 0 Å². The second kappa shape index (κ2) is 7.18. The number of carbonyl (C=O) groups is 2. The second-order valence-corrected chi connectivity index (χ2v) is 8.83. The number of sulfone groups is 1. The molecule has 0 unspecified atom stereocenters. The van der Waals surface area contributed by atoms with Crippen LogP contribution in [0.1, 0.15) is 25.7 Å². The zero-order valence-corrected chi connectivity index (χ0v) is 14.6. The molecule has 2 fully saturated rings. The molecule has 1 aromatic carbocycles. The Labute approximate surface area is 149 Å². The van der Waals surface area contributed by atoms with Crippen molar-refractivity contribution in [2.45, 2.75) is 43.0 Å². The van der Waals surface area contributed by atoms with Crippen LogP contribution in [0.2, 0.25) is 0 Å². The first-order valence-electron chi connectivity index (χ1n) is 8.29. The highest BCUT2D eigenvalue weighted by molar-refractivity contribution is 7.92. The summed E-state index contributed by atoms with van der Waals surface area (Å²) in [5.41, 5.74) is 0.0356. The van der Waals surface area contributed by atoms with Gasteiger partial charge in [0.1, 0.15) is 11.6 Å². The van der Waals surface area contributed by atoms with E-state index in [1.807, 2.05) is 0 Å². The number of halogens is 2. The first kappa shape index (κ1) is 18.6. The lowest BCUT2D eigenvalue weighted by Gasteiger charge is -2.16. The minimum Gasteiger partial charge on any atom is -0.332 e. The molecule has 7 nitrogen and oxygen atoms in total. The molecule has 3 N–H and O–H groups in total. The number of fused-ring (bicyclic) bond motifs is 1. The number of anilines is 1. The maximum atomic E-state index is 13.1. The quantitative estimate of drug-likeness (QED) is 0.506. The van der Waals surface area contributed by atoms with Gasteiger partial charge in [-0.25, -0.2) is 22.0 Å². The van der Waals surface area contributed by atoms with Gasteiger partial charge in [0.15, 0.2) is 9.84 Å². The molecule has 3 atom stereocenters. The predicted octanol–water partition coefficient (Wildman–Crippen LogP) is 1.31. The molecule has 2 aliphatic rings. The Bertz CT molecular complexity index is 811. The van der Waals surface area contributed by atoms with Gasteiger partial charge >= 0.3 is 6.03 Å². The van der Waals surface area contributed by atoms with E-state index in [-0.39, 0.29) is 23.9 Å². The van der Waals surface area contributed by atoms with Crippen molar-refractivity contribution in [2.24, 2.45) is 0 Å². The largest absolute Gasteiger partial charge is 0.332 e. The van der Waals surface area contributed by atoms with Gasteiger partial charge in [0.2, 0.25) is 5.91 Å². The third-order valence-corrected chi connectivity index (χ3v) is 6.89. The Hall–Kier alpha value is -2.23. The van der Waals surface area contributed by atoms with Gasteiger partial charge < -0.3 is 16.0 Å². The molecule has 2 heterocycles. The molecule has 10 heteroatoms. The number of unbranched alkanes of at least 4 members (excludes halogenated alkanes) is 1. The normalized spacial score (nSPS) is 26.1. The Kier molecular flexibility index (Phi) is 5.12. The third kappa shape index (κ3) is 4.12. The fourth-order valence-electron chi connectivity index (χ4n) is 3.49. The summed E-state index contributed by atoms with van der Waals surface area (Å²) in [7, 11) is -3.29. The maximum absolute atomic E-state index is 13.1. The van der Waals surface area contributed by atoms with Crippen molar-refractivity contribution in [1.29, 1.82) is 0 Å². The second-order valence-electron chi connectivity index (χ2n) is 6.57. The van der Waals surface area contributed by atoms with Crippen LogP contribution in [0, 0.1) is 11.6 Å². The van der Waals surface area contributed by atoms with Crippen LogP contribution in [0.25, 0.3) is 0 Å². The van der Waals surface area contributed by atoms with E-state index in [2.05, 4.69) is 16.0 Å². The van der Waals surface area contributed by atoms with Crippen LogP contribution in [-0.4, -0.2) is 43.4 Å². The Balaban J connectivity index is 1.46. The molecule has 142 valence electrons. The van der Waals surface area contributed by atoms with Crippen molar-refractivity contribution in [3.63, 3.8) is 0 Å². The molecule has 26 heavy (non-hydrogen) atoms. The molecule has 0 bridgehead atoms.